The number of esters is 1. The fourth-order valence-corrected chi connectivity index (χ4v) is 3.43. The number of anilines is 1. The number of rotatable bonds is 5. The molecule has 2 rings (SSSR count). The van der Waals surface area contributed by atoms with E-state index in [-0.39, 0.29) is 11.4 Å². The van der Waals surface area contributed by atoms with Gasteiger partial charge < -0.3 is 10.5 Å². The lowest BCUT2D eigenvalue weighted by Crippen LogP contribution is -2.13. The van der Waals surface area contributed by atoms with Crippen molar-refractivity contribution in [1.29, 1.82) is 0 Å². The molecule has 1 aliphatic rings. The van der Waals surface area contributed by atoms with Gasteiger partial charge in [0.25, 0.3) is 0 Å². The average molecular weight is 330 g/mol. The molecule has 5 heteroatoms. The van der Waals surface area contributed by atoms with E-state index in [1.807, 2.05) is 18.2 Å². The number of hydrogen-bond acceptors (Lipinski definition) is 4. The van der Waals surface area contributed by atoms with Gasteiger partial charge in [0.2, 0.25) is 0 Å². The number of nitrogen functional groups attached to an aromatic ring is 1. The van der Waals surface area contributed by atoms with Crippen molar-refractivity contribution < 1.29 is 9.53 Å². The molecule has 2 N–H and O–H groups in total. The molecular weight excluding hydrogens is 314 g/mol. The summed E-state index contributed by atoms with van der Waals surface area (Å²) in [4.78, 5) is 12.4. The second kappa shape index (κ2) is 5.53. The van der Waals surface area contributed by atoms with Crippen LogP contribution in [0.25, 0.3) is 0 Å². The Labute approximate surface area is 120 Å². The van der Waals surface area contributed by atoms with E-state index >= 15 is 0 Å². The third-order valence-corrected chi connectivity index (χ3v) is 5.14. The van der Waals surface area contributed by atoms with E-state index in [2.05, 4.69) is 15.9 Å². The summed E-state index contributed by atoms with van der Waals surface area (Å²) >= 11 is 5.11. The van der Waals surface area contributed by atoms with Gasteiger partial charge >= 0.3 is 5.97 Å². The highest BCUT2D eigenvalue weighted by molar-refractivity contribution is 9.10. The zero-order valence-corrected chi connectivity index (χ0v) is 12.6. The van der Waals surface area contributed by atoms with E-state index in [0.29, 0.717) is 6.42 Å². The number of halogens is 1. The number of ether oxygens (including phenoxy) is 1. The number of benzene rings is 1. The summed E-state index contributed by atoms with van der Waals surface area (Å²) in [5, 5.41) is 0. The highest BCUT2D eigenvalue weighted by atomic mass is 79.9. The van der Waals surface area contributed by atoms with Crippen LogP contribution in [0.4, 0.5) is 5.69 Å². The predicted octanol–water partition coefficient (Wildman–Crippen LogP) is 3.47. The van der Waals surface area contributed by atoms with Crippen LogP contribution in [0, 0.1) is 5.41 Å². The van der Waals surface area contributed by atoms with Gasteiger partial charge in [-0.2, -0.15) is 0 Å². The molecule has 1 aromatic rings. The molecule has 0 spiro atoms. The van der Waals surface area contributed by atoms with Crippen molar-refractivity contribution in [3.63, 3.8) is 0 Å². The van der Waals surface area contributed by atoms with Gasteiger partial charge in [-0.05, 0) is 36.5 Å². The number of nitrogens with two attached hydrogens (primary N) is 1. The first-order valence-electron chi connectivity index (χ1n) is 5.79. The Hall–Kier alpha value is -0.680. The summed E-state index contributed by atoms with van der Waals surface area (Å²) in [5.41, 5.74) is 6.87. The fraction of sp³-hybridized carbons (Fsp3) is 0.462. The van der Waals surface area contributed by atoms with E-state index in [1.54, 1.807) is 11.8 Å². The van der Waals surface area contributed by atoms with Crippen molar-refractivity contribution in [3.8, 4) is 0 Å². The lowest BCUT2D eigenvalue weighted by atomic mass is 10.1. The molecule has 1 saturated carbocycles. The number of carbonyl (C=O) groups excluding carboxylic acids is 1. The molecule has 0 aromatic heterocycles. The molecule has 0 unspecified atom stereocenters. The van der Waals surface area contributed by atoms with Crippen molar-refractivity contribution in [2.24, 2.45) is 5.41 Å². The Morgan fingerprint density at radius 1 is 1.56 bits per heavy atom. The van der Waals surface area contributed by atoms with E-state index in [1.165, 1.54) is 7.11 Å². The summed E-state index contributed by atoms with van der Waals surface area (Å²) in [6.07, 6.45) is 2.73. The maximum atomic E-state index is 11.3. The van der Waals surface area contributed by atoms with E-state index in [9.17, 15) is 4.79 Å². The van der Waals surface area contributed by atoms with E-state index < -0.39 is 0 Å². The van der Waals surface area contributed by atoms with Crippen LogP contribution >= 0.6 is 27.7 Å². The molecule has 1 aromatic carbocycles. The largest absolute Gasteiger partial charge is 0.469 e. The first kappa shape index (κ1) is 13.7. The highest BCUT2D eigenvalue weighted by Gasteiger charge is 2.44. The van der Waals surface area contributed by atoms with Crippen molar-refractivity contribution in [2.45, 2.75) is 24.2 Å². The third-order valence-electron chi connectivity index (χ3n) is 3.21. The Morgan fingerprint density at radius 3 is 2.83 bits per heavy atom. The van der Waals surface area contributed by atoms with Crippen molar-refractivity contribution in [3.05, 3.63) is 22.7 Å². The molecule has 18 heavy (non-hydrogen) atoms. The van der Waals surface area contributed by atoms with Gasteiger partial charge in [0.15, 0.2) is 0 Å². The van der Waals surface area contributed by atoms with Gasteiger partial charge in [0.1, 0.15) is 0 Å². The minimum absolute atomic E-state index is 0.114. The van der Waals surface area contributed by atoms with Gasteiger partial charge in [-0.25, -0.2) is 0 Å². The predicted molar refractivity (Wildman–Crippen MR) is 77.6 cm³/mol. The lowest BCUT2D eigenvalue weighted by Gasteiger charge is -2.14. The van der Waals surface area contributed by atoms with Crippen LogP contribution in [-0.2, 0) is 9.53 Å². The maximum absolute atomic E-state index is 11.3. The summed E-state index contributed by atoms with van der Waals surface area (Å²) in [6.45, 7) is 0. The molecule has 0 atom stereocenters. The molecule has 3 nitrogen and oxygen atoms in total. The van der Waals surface area contributed by atoms with Crippen LogP contribution in [0.15, 0.2) is 27.6 Å². The topological polar surface area (TPSA) is 52.3 Å². The van der Waals surface area contributed by atoms with Crippen molar-refractivity contribution in [1.82, 2.24) is 0 Å². The standard InChI is InChI=1S/C13H16BrNO2S/c1-17-12(16)7-13(4-5-13)8-18-11-3-2-9(14)6-10(11)15/h2-3,6H,4-5,7-8,15H2,1H3. The van der Waals surface area contributed by atoms with Crippen LogP contribution in [0.3, 0.4) is 0 Å². The molecule has 0 heterocycles. The number of methoxy groups -OCH3 is 1. The number of hydrogen-bond donors (Lipinski definition) is 1. The summed E-state index contributed by atoms with van der Waals surface area (Å²) in [6, 6.07) is 5.90. The Kier molecular flexibility index (Phi) is 4.22. The van der Waals surface area contributed by atoms with Crippen molar-refractivity contribution >= 4 is 39.3 Å². The van der Waals surface area contributed by atoms with Crippen LogP contribution in [0.1, 0.15) is 19.3 Å². The minimum atomic E-state index is -0.114. The first-order chi connectivity index (χ1) is 8.54. The fourth-order valence-electron chi connectivity index (χ4n) is 1.81. The Balaban J connectivity index is 1.93. The zero-order chi connectivity index (χ0) is 13.2. The quantitative estimate of drug-likeness (QED) is 0.510. The van der Waals surface area contributed by atoms with Crippen LogP contribution in [-0.4, -0.2) is 18.8 Å². The van der Waals surface area contributed by atoms with Gasteiger partial charge in [-0.3, -0.25) is 4.79 Å². The second-order valence-electron chi connectivity index (χ2n) is 4.72. The second-order valence-corrected chi connectivity index (χ2v) is 6.66. The number of carbonyl (C=O) groups is 1. The van der Waals surface area contributed by atoms with Crippen LogP contribution < -0.4 is 5.73 Å². The monoisotopic (exact) mass is 329 g/mol. The average Bonchev–Trinajstić information content (AvgIpc) is 3.08. The summed E-state index contributed by atoms with van der Waals surface area (Å²) in [7, 11) is 1.44. The highest BCUT2D eigenvalue weighted by Crippen LogP contribution is 2.52. The molecule has 0 radical (unpaired) electrons. The van der Waals surface area contributed by atoms with Gasteiger partial charge in [0.05, 0.1) is 13.5 Å². The Morgan fingerprint density at radius 2 is 2.28 bits per heavy atom. The smallest absolute Gasteiger partial charge is 0.306 e. The molecule has 0 aliphatic heterocycles. The Bertz CT molecular complexity index is 460. The maximum Gasteiger partial charge on any atom is 0.306 e. The van der Waals surface area contributed by atoms with Gasteiger partial charge in [-0.15, -0.1) is 11.8 Å². The van der Waals surface area contributed by atoms with Gasteiger partial charge in [-0.1, -0.05) is 15.9 Å². The molecule has 0 saturated heterocycles. The minimum Gasteiger partial charge on any atom is -0.469 e. The molecule has 0 amide bonds. The zero-order valence-electron chi connectivity index (χ0n) is 10.2. The van der Waals surface area contributed by atoms with Crippen molar-refractivity contribution in [2.75, 3.05) is 18.6 Å². The van der Waals surface area contributed by atoms with Gasteiger partial charge in [0, 0.05) is 20.8 Å². The lowest BCUT2D eigenvalue weighted by molar-refractivity contribution is -0.141. The van der Waals surface area contributed by atoms with E-state index in [4.69, 9.17) is 10.5 Å². The number of thioether (sulfide) groups is 1. The molecular formula is C13H16BrNO2S. The molecule has 1 fully saturated rings. The van der Waals surface area contributed by atoms with E-state index in [0.717, 1.165) is 33.7 Å². The SMILES string of the molecule is COC(=O)CC1(CSc2ccc(Br)cc2N)CC1. The third kappa shape index (κ3) is 3.42. The van der Waals surface area contributed by atoms with Crippen LogP contribution in [0.5, 0.6) is 0 Å². The summed E-state index contributed by atoms with van der Waals surface area (Å²) in [5.74, 6) is 0.811. The first-order valence-corrected chi connectivity index (χ1v) is 7.57. The molecule has 98 valence electrons. The van der Waals surface area contributed by atoms with Crippen LogP contribution in [0.2, 0.25) is 0 Å². The normalized spacial score (nSPS) is 16.3. The summed E-state index contributed by atoms with van der Waals surface area (Å²) < 4.78 is 5.72. The molecule has 1 aliphatic carbocycles. The molecule has 0 bridgehead atoms.